The normalized spacial score (nSPS) is 39.9. The minimum Gasteiger partial charge on any atom is -0.394 e. The highest BCUT2D eigenvalue weighted by Crippen LogP contribution is 2.35. The second-order valence-electron chi connectivity index (χ2n) is 12.9. The summed E-state index contributed by atoms with van der Waals surface area (Å²) < 4.78 is 70.3. The van der Waals surface area contributed by atoms with Crippen LogP contribution in [-0.4, -0.2) is 224 Å². The first-order valence-corrected chi connectivity index (χ1v) is 17.9. The van der Waals surface area contributed by atoms with Gasteiger partial charge in [0.2, 0.25) is 11.8 Å². The number of ether oxygens (including phenoxy) is 6. The molecule has 3 fully saturated rings. The van der Waals surface area contributed by atoms with Crippen LogP contribution >= 0.6 is 0 Å². The second-order valence-corrected chi connectivity index (χ2v) is 14.0. The number of aliphatic hydroxyl groups excluding tert-OH is 11. The molecule has 2 amide bonds. The van der Waals surface area contributed by atoms with Crippen molar-refractivity contribution in [2.24, 2.45) is 0 Å². The first kappa shape index (κ1) is 46.5. The van der Waals surface area contributed by atoms with Crippen LogP contribution in [0.3, 0.4) is 0 Å². The van der Waals surface area contributed by atoms with E-state index >= 15 is 0 Å². The largest absolute Gasteiger partial charge is 0.397 e. The van der Waals surface area contributed by atoms with Crippen LogP contribution in [0.5, 0.6) is 0 Å². The Morgan fingerprint density at radius 3 is 1.81 bits per heavy atom. The first-order chi connectivity index (χ1) is 25.1. The summed E-state index contributed by atoms with van der Waals surface area (Å²) >= 11 is 0. The van der Waals surface area contributed by atoms with E-state index in [1.807, 2.05) is 0 Å². The standard InChI is InChI=1S/C28H50N2O23S/c1-8-16(37)19(40)21(42)27(48-8)53-25-15(30-10(3)35)26(51-23(17(38)12(36)5-32)11(4-31)29-9(2)34)49-13(6-33)24(25)52-28-22(43)20(41)18(39)14(50-28)7-47-54(44,45)46/h8,11-28,31-33,36-43H,4-7H2,1-3H3,(H,29,34)(H,30,35)(H,44,45,46)/t8-,11-,12+,13+,14+,15+,16+,17-,18-,19+,20-,21-,22+,23+,24+,25+,26-,27-,28-/m0/s1. The molecular weight excluding hydrogens is 764 g/mol. The van der Waals surface area contributed by atoms with Gasteiger partial charge in [-0.15, -0.1) is 0 Å². The molecule has 3 heterocycles. The molecule has 3 aliphatic heterocycles. The van der Waals surface area contributed by atoms with Crippen molar-refractivity contribution in [2.45, 2.75) is 137 Å². The van der Waals surface area contributed by atoms with Gasteiger partial charge in [0.25, 0.3) is 0 Å². The number of nitrogens with one attached hydrogen (secondary N) is 2. The Labute approximate surface area is 307 Å². The quantitative estimate of drug-likeness (QED) is 0.0606. The van der Waals surface area contributed by atoms with Crippen LogP contribution in [0.1, 0.15) is 20.8 Å². The average molecular weight is 815 g/mol. The Hall–Kier alpha value is -1.87. The maximum Gasteiger partial charge on any atom is 0.397 e. The summed E-state index contributed by atoms with van der Waals surface area (Å²) in [6, 6.07) is -3.30. The molecule has 26 heteroatoms. The maximum atomic E-state index is 12.6. The summed E-state index contributed by atoms with van der Waals surface area (Å²) in [5.41, 5.74) is 0. The van der Waals surface area contributed by atoms with Crippen LogP contribution in [0.4, 0.5) is 0 Å². The van der Waals surface area contributed by atoms with E-state index in [2.05, 4.69) is 14.8 Å². The fourth-order valence-electron chi connectivity index (χ4n) is 6.02. The van der Waals surface area contributed by atoms with E-state index in [1.54, 1.807) is 0 Å². The van der Waals surface area contributed by atoms with Gasteiger partial charge < -0.3 is 95.2 Å². The predicted molar refractivity (Wildman–Crippen MR) is 168 cm³/mol. The minimum atomic E-state index is -5.11. The number of rotatable bonds is 17. The monoisotopic (exact) mass is 814 g/mol. The van der Waals surface area contributed by atoms with E-state index < -0.39 is 165 Å². The zero-order valence-electron chi connectivity index (χ0n) is 29.1. The molecule has 0 aliphatic carbocycles. The van der Waals surface area contributed by atoms with Crippen LogP contribution in [0.25, 0.3) is 0 Å². The van der Waals surface area contributed by atoms with Crippen molar-refractivity contribution >= 4 is 22.2 Å². The lowest BCUT2D eigenvalue weighted by molar-refractivity contribution is -0.377. The van der Waals surface area contributed by atoms with Gasteiger partial charge in [0.15, 0.2) is 18.9 Å². The third-order valence-corrected chi connectivity index (χ3v) is 9.26. The third kappa shape index (κ3) is 11.6. The lowest BCUT2D eigenvalue weighted by Crippen LogP contribution is -2.70. The van der Waals surface area contributed by atoms with Crippen molar-refractivity contribution in [1.82, 2.24) is 10.6 Å². The van der Waals surface area contributed by atoms with Gasteiger partial charge in [0.05, 0.1) is 38.6 Å². The molecule has 3 saturated heterocycles. The van der Waals surface area contributed by atoms with Gasteiger partial charge >= 0.3 is 10.4 Å². The zero-order valence-corrected chi connectivity index (χ0v) is 29.9. The molecular formula is C28H50N2O23S. The number of amides is 2. The summed E-state index contributed by atoms with van der Waals surface area (Å²) in [6.45, 7) is -0.845. The molecule has 316 valence electrons. The number of hydrogen-bond acceptors (Lipinski definition) is 22. The Morgan fingerprint density at radius 1 is 0.741 bits per heavy atom. The minimum absolute atomic E-state index is 0.754. The van der Waals surface area contributed by atoms with E-state index in [4.69, 9.17) is 33.0 Å². The molecule has 0 radical (unpaired) electrons. The van der Waals surface area contributed by atoms with Crippen molar-refractivity contribution < 1.29 is 111 Å². The Bertz CT molecular complexity index is 1320. The molecule has 25 nitrogen and oxygen atoms in total. The highest BCUT2D eigenvalue weighted by atomic mass is 32.3. The molecule has 14 N–H and O–H groups in total. The first-order valence-electron chi connectivity index (χ1n) is 16.5. The predicted octanol–water partition coefficient (Wildman–Crippen LogP) is -8.97. The highest BCUT2D eigenvalue weighted by Gasteiger charge is 2.56. The number of carbonyl (C=O) groups excluding carboxylic acids is 2. The topological polar surface area (TPSA) is 400 Å². The van der Waals surface area contributed by atoms with Crippen molar-refractivity contribution in [1.29, 1.82) is 0 Å². The Kier molecular flexibility index (Phi) is 17.2. The zero-order chi connectivity index (χ0) is 40.8. The van der Waals surface area contributed by atoms with Crippen molar-refractivity contribution in [3.63, 3.8) is 0 Å². The SMILES string of the molecule is CC(=O)N[C@H]1[C@H](O[C@@H]([C@@H](O)[C@H](O)CO)[C@H](CO)NC(C)=O)O[C@H](CO)[C@@H](O[C@@H]2O[C@H](COS(=O)(=O)O)[C@H](O)[C@H](O)[C@H]2O)[C@@H]1O[C@@H]1O[C@@H](C)[C@@H](O)[C@@H](O)[C@@H]1O. The van der Waals surface area contributed by atoms with Crippen LogP contribution in [-0.2, 0) is 52.6 Å². The third-order valence-electron chi connectivity index (χ3n) is 8.83. The summed E-state index contributed by atoms with van der Waals surface area (Å²) in [5.74, 6) is -1.61. The maximum absolute atomic E-state index is 12.6. The van der Waals surface area contributed by atoms with E-state index in [-0.39, 0.29) is 0 Å². The highest BCUT2D eigenvalue weighted by molar-refractivity contribution is 7.80. The molecule has 0 aromatic rings. The van der Waals surface area contributed by atoms with Gasteiger partial charge in [-0.1, -0.05) is 0 Å². The van der Waals surface area contributed by atoms with E-state index in [0.29, 0.717) is 0 Å². The van der Waals surface area contributed by atoms with Gasteiger partial charge in [0, 0.05) is 13.8 Å². The molecule has 0 aromatic heterocycles. The fourth-order valence-corrected chi connectivity index (χ4v) is 6.33. The molecule has 0 bridgehead atoms. The van der Waals surface area contributed by atoms with Crippen molar-refractivity contribution in [3.8, 4) is 0 Å². The molecule has 54 heavy (non-hydrogen) atoms. The van der Waals surface area contributed by atoms with Crippen LogP contribution < -0.4 is 10.6 Å². The summed E-state index contributed by atoms with van der Waals surface area (Å²) in [6.07, 6.45) is -32.3. The summed E-state index contributed by atoms with van der Waals surface area (Å²) in [5, 5.41) is 119. The lowest BCUT2D eigenvalue weighted by atomic mass is 9.94. The molecule has 3 rings (SSSR count). The van der Waals surface area contributed by atoms with E-state index in [1.165, 1.54) is 6.92 Å². The van der Waals surface area contributed by atoms with Gasteiger partial charge in [-0.3, -0.25) is 14.1 Å². The molecule has 3 aliphatic rings. The average Bonchev–Trinajstić information content (AvgIpc) is 3.10. The Balaban J connectivity index is 2.13. The van der Waals surface area contributed by atoms with Gasteiger partial charge in [-0.2, -0.15) is 8.42 Å². The number of carbonyl (C=O) groups is 2. The van der Waals surface area contributed by atoms with Gasteiger partial charge in [0.1, 0.15) is 85.4 Å². The van der Waals surface area contributed by atoms with Gasteiger partial charge in [-0.25, -0.2) is 4.18 Å². The van der Waals surface area contributed by atoms with Crippen molar-refractivity contribution in [2.75, 3.05) is 26.4 Å². The smallest absolute Gasteiger partial charge is 0.394 e. The molecule has 0 aromatic carbocycles. The van der Waals surface area contributed by atoms with E-state index in [9.17, 15) is 74.2 Å². The van der Waals surface area contributed by atoms with Crippen LogP contribution in [0.15, 0.2) is 0 Å². The molecule has 0 spiro atoms. The lowest BCUT2D eigenvalue weighted by Gasteiger charge is -2.51. The fraction of sp³-hybridized carbons (Fsp3) is 0.929. The van der Waals surface area contributed by atoms with Gasteiger partial charge in [-0.05, 0) is 6.92 Å². The number of hydrogen-bond donors (Lipinski definition) is 14. The molecule has 19 atom stereocenters. The number of aliphatic hydroxyl groups is 11. The van der Waals surface area contributed by atoms with Crippen molar-refractivity contribution in [3.05, 3.63) is 0 Å². The molecule has 0 unspecified atom stereocenters. The Morgan fingerprint density at radius 2 is 1.30 bits per heavy atom. The van der Waals surface area contributed by atoms with Crippen LogP contribution in [0.2, 0.25) is 0 Å². The summed E-state index contributed by atoms with van der Waals surface area (Å²) in [7, 11) is -5.11. The molecule has 0 saturated carbocycles. The second kappa shape index (κ2) is 20.0. The summed E-state index contributed by atoms with van der Waals surface area (Å²) in [4.78, 5) is 24.6. The van der Waals surface area contributed by atoms with E-state index in [0.717, 1.165) is 13.8 Å². The van der Waals surface area contributed by atoms with Crippen LogP contribution in [0, 0.1) is 0 Å².